The summed E-state index contributed by atoms with van der Waals surface area (Å²) in [5, 5.41) is 9.68. The highest BCUT2D eigenvalue weighted by atomic mass is 35.5. The van der Waals surface area contributed by atoms with Crippen LogP contribution < -0.4 is 4.90 Å². The van der Waals surface area contributed by atoms with Crippen molar-refractivity contribution in [2.45, 2.75) is 13.3 Å². The molecule has 0 bridgehead atoms. The molecule has 0 fully saturated rings. The average Bonchev–Trinajstić information content (AvgIpc) is 2.59. The predicted octanol–water partition coefficient (Wildman–Crippen LogP) is 3.09. The van der Waals surface area contributed by atoms with Gasteiger partial charge in [0, 0.05) is 5.70 Å². The Hall–Kier alpha value is -1.52. The zero-order valence-corrected chi connectivity index (χ0v) is 10.9. The van der Waals surface area contributed by atoms with Crippen LogP contribution in [0.3, 0.4) is 0 Å². The van der Waals surface area contributed by atoms with Crippen LogP contribution in [0.1, 0.15) is 13.3 Å². The van der Waals surface area contributed by atoms with Gasteiger partial charge in [0.2, 0.25) is 5.91 Å². The quantitative estimate of drug-likeness (QED) is 0.908. The van der Waals surface area contributed by atoms with Crippen LogP contribution in [0, 0.1) is 0 Å². The molecule has 18 heavy (non-hydrogen) atoms. The van der Waals surface area contributed by atoms with Gasteiger partial charge in [0.25, 0.3) is 0 Å². The fourth-order valence-electron chi connectivity index (χ4n) is 1.87. The smallest absolute Gasteiger partial charge is 0.333 e. The van der Waals surface area contributed by atoms with Crippen LogP contribution in [0.25, 0.3) is 0 Å². The standard InChI is InChI=1S/C12H9Cl2NO3/c1-6-8(12(17)18)5-11(16)15(6)7-2-3-9(13)10(14)4-7/h2-4H,5H2,1H3,(H,17,18). The van der Waals surface area contributed by atoms with Gasteiger partial charge in [0.1, 0.15) is 0 Å². The first kappa shape index (κ1) is 12.9. The molecule has 1 aromatic carbocycles. The van der Waals surface area contributed by atoms with Gasteiger partial charge in [-0.05, 0) is 25.1 Å². The van der Waals surface area contributed by atoms with E-state index >= 15 is 0 Å². The number of nitrogens with zero attached hydrogens (tertiary/aromatic N) is 1. The molecule has 2 rings (SSSR count). The third-order valence-corrected chi connectivity index (χ3v) is 3.51. The fraction of sp³-hybridized carbons (Fsp3) is 0.167. The molecule has 0 aliphatic carbocycles. The minimum absolute atomic E-state index is 0.103. The SMILES string of the molecule is CC1=C(C(=O)O)CC(=O)N1c1ccc(Cl)c(Cl)c1. The van der Waals surface area contributed by atoms with E-state index in [4.69, 9.17) is 28.3 Å². The molecular formula is C12H9Cl2NO3. The van der Waals surface area contributed by atoms with Crippen LogP contribution in [0.4, 0.5) is 5.69 Å². The van der Waals surface area contributed by atoms with Crippen molar-refractivity contribution in [2.24, 2.45) is 0 Å². The summed E-state index contributed by atoms with van der Waals surface area (Å²) in [6.07, 6.45) is -0.110. The van der Waals surface area contributed by atoms with E-state index in [1.165, 1.54) is 11.0 Å². The Kier molecular flexibility index (Phi) is 3.32. The summed E-state index contributed by atoms with van der Waals surface area (Å²) in [4.78, 5) is 24.2. The van der Waals surface area contributed by atoms with Gasteiger partial charge in [0.05, 0.1) is 27.7 Å². The molecule has 1 aliphatic heterocycles. The Morgan fingerprint density at radius 1 is 1.33 bits per heavy atom. The normalized spacial score (nSPS) is 15.5. The third-order valence-electron chi connectivity index (χ3n) is 2.77. The molecule has 0 saturated heterocycles. The van der Waals surface area contributed by atoms with Crippen molar-refractivity contribution in [1.29, 1.82) is 0 Å². The molecule has 1 amide bonds. The van der Waals surface area contributed by atoms with Crippen molar-refractivity contribution in [1.82, 2.24) is 0 Å². The number of hydrogen-bond acceptors (Lipinski definition) is 2. The molecule has 1 N–H and O–H groups in total. The molecular weight excluding hydrogens is 277 g/mol. The van der Waals surface area contributed by atoms with E-state index in [2.05, 4.69) is 0 Å². The number of carbonyl (C=O) groups excluding carboxylic acids is 1. The molecule has 0 spiro atoms. The maximum absolute atomic E-state index is 11.8. The number of halogens is 2. The van der Waals surface area contributed by atoms with Crippen LogP contribution in [-0.2, 0) is 9.59 Å². The van der Waals surface area contributed by atoms with Gasteiger partial charge in [-0.1, -0.05) is 23.2 Å². The minimum Gasteiger partial charge on any atom is -0.478 e. The summed E-state index contributed by atoms with van der Waals surface area (Å²) in [5.41, 5.74) is 1.03. The van der Waals surface area contributed by atoms with Crippen LogP contribution in [-0.4, -0.2) is 17.0 Å². The first-order valence-corrected chi connectivity index (χ1v) is 5.88. The van der Waals surface area contributed by atoms with E-state index in [0.29, 0.717) is 21.4 Å². The van der Waals surface area contributed by atoms with Crippen LogP contribution in [0.5, 0.6) is 0 Å². The molecule has 0 atom stereocenters. The molecule has 0 saturated carbocycles. The average molecular weight is 286 g/mol. The number of rotatable bonds is 2. The second-order valence-corrected chi connectivity index (χ2v) is 4.69. The number of hydrogen-bond donors (Lipinski definition) is 1. The highest BCUT2D eigenvalue weighted by Crippen LogP contribution is 2.33. The molecule has 1 aromatic rings. The number of anilines is 1. The highest BCUT2D eigenvalue weighted by Gasteiger charge is 2.32. The number of aliphatic carboxylic acids is 1. The first-order chi connectivity index (χ1) is 8.41. The van der Waals surface area contributed by atoms with Crippen molar-refractivity contribution in [3.8, 4) is 0 Å². The monoisotopic (exact) mass is 285 g/mol. The highest BCUT2D eigenvalue weighted by molar-refractivity contribution is 6.42. The molecule has 4 nitrogen and oxygen atoms in total. The van der Waals surface area contributed by atoms with Crippen LogP contribution in [0.15, 0.2) is 29.5 Å². The lowest BCUT2D eigenvalue weighted by molar-refractivity contribution is -0.133. The summed E-state index contributed by atoms with van der Waals surface area (Å²) in [7, 11) is 0. The Morgan fingerprint density at radius 3 is 2.50 bits per heavy atom. The van der Waals surface area contributed by atoms with Gasteiger partial charge >= 0.3 is 5.97 Å². The Morgan fingerprint density at radius 2 is 2.00 bits per heavy atom. The predicted molar refractivity (Wildman–Crippen MR) is 68.9 cm³/mol. The summed E-state index contributed by atoms with van der Waals surface area (Å²) >= 11 is 11.7. The number of carboxylic acids is 1. The zero-order chi connectivity index (χ0) is 13.4. The number of carboxylic acid groups (broad SMARTS) is 1. The number of allylic oxidation sites excluding steroid dienone is 1. The van der Waals surface area contributed by atoms with Crippen LogP contribution in [0.2, 0.25) is 10.0 Å². The van der Waals surface area contributed by atoms with E-state index in [1.807, 2.05) is 0 Å². The molecule has 0 radical (unpaired) electrons. The Labute approximate surface area is 113 Å². The second kappa shape index (κ2) is 4.63. The van der Waals surface area contributed by atoms with Crippen molar-refractivity contribution < 1.29 is 14.7 Å². The van der Waals surface area contributed by atoms with E-state index in [1.54, 1.807) is 19.1 Å². The lowest BCUT2D eigenvalue weighted by atomic mass is 10.2. The molecule has 1 heterocycles. The third kappa shape index (κ3) is 2.09. The maximum atomic E-state index is 11.8. The number of benzene rings is 1. The summed E-state index contributed by atoms with van der Waals surface area (Å²) < 4.78 is 0. The lowest BCUT2D eigenvalue weighted by Crippen LogP contribution is -2.23. The van der Waals surface area contributed by atoms with Crippen molar-refractivity contribution >= 4 is 40.8 Å². The minimum atomic E-state index is -1.08. The molecule has 0 unspecified atom stereocenters. The van der Waals surface area contributed by atoms with Crippen molar-refractivity contribution in [3.63, 3.8) is 0 Å². The summed E-state index contributed by atoms with van der Waals surface area (Å²) in [6, 6.07) is 4.73. The Balaban J connectivity index is 2.47. The maximum Gasteiger partial charge on any atom is 0.333 e. The van der Waals surface area contributed by atoms with Gasteiger partial charge in [-0.2, -0.15) is 0 Å². The van der Waals surface area contributed by atoms with E-state index in [0.717, 1.165) is 0 Å². The topological polar surface area (TPSA) is 57.6 Å². The van der Waals surface area contributed by atoms with Gasteiger partial charge in [0.15, 0.2) is 0 Å². The van der Waals surface area contributed by atoms with Gasteiger partial charge in [-0.25, -0.2) is 4.79 Å². The first-order valence-electron chi connectivity index (χ1n) is 5.13. The van der Waals surface area contributed by atoms with Crippen LogP contribution >= 0.6 is 23.2 Å². The fourth-order valence-corrected chi connectivity index (χ4v) is 2.16. The van der Waals surface area contributed by atoms with E-state index in [9.17, 15) is 9.59 Å². The van der Waals surface area contributed by atoms with E-state index in [-0.39, 0.29) is 17.9 Å². The number of carbonyl (C=O) groups is 2. The lowest BCUT2D eigenvalue weighted by Gasteiger charge is -2.18. The molecule has 6 heteroatoms. The molecule has 1 aliphatic rings. The second-order valence-electron chi connectivity index (χ2n) is 3.87. The van der Waals surface area contributed by atoms with Gasteiger partial charge in [-0.3, -0.25) is 9.69 Å². The molecule has 94 valence electrons. The summed E-state index contributed by atoms with van der Waals surface area (Å²) in [5.74, 6) is -1.37. The van der Waals surface area contributed by atoms with Gasteiger partial charge < -0.3 is 5.11 Å². The van der Waals surface area contributed by atoms with E-state index < -0.39 is 5.97 Å². The Bertz CT molecular complexity index is 581. The number of amides is 1. The van der Waals surface area contributed by atoms with Crippen molar-refractivity contribution in [3.05, 3.63) is 39.5 Å². The largest absolute Gasteiger partial charge is 0.478 e. The summed E-state index contributed by atoms with van der Waals surface area (Å²) in [6.45, 7) is 1.59. The zero-order valence-electron chi connectivity index (χ0n) is 9.41. The van der Waals surface area contributed by atoms with Gasteiger partial charge in [-0.15, -0.1) is 0 Å². The van der Waals surface area contributed by atoms with Crippen molar-refractivity contribution in [2.75, 3.05) is 4.90 Å². The molecule has 0 aromatic heterocycles.